The summed E-state index contributed by atoms with van der Waals surface area (Å²) in [4.78, 5) is 55.4. The first-order chi connectivity index (χ1) is 17.6. The highest BCUT2D eigenvalue weighted by atomic mass is 79.9. The number of carbonyl (C=O) groups is 4. The zero-order chi connectivity index (χ0) is 26.8. The number of quaternary nitrogens is 1. The standard InChI is InChI=1S/C29H29BrN2O5/c1-27-20(17-11-6-4-7-12-17)21(18-13-8-5-9-14-18)28(2,25(27)35)29(30)22(27)23(33)32(26(29)36)16-10-15-19(31)24(34)37-3/h4-9,11-14,19,22H,10,15-16,31H2,1-3H3/p+1/t19-,22?,27?,28?,29?/m0/s1. The average Bonchev–Trinajstić information content (AvgIpc) is 3.29. The highest BCUT2D eigenvalue weighted by Gasteiger charge is 2.85. The Bertz CT molecular complexity index is 1340. The maximum atomic E-state index is 14.4. The van der Waals surface area contributed by atoms with E-state index in [9.17, 15) is 19.2 Å². The van der Waals surface area contributed by atoms with E-state index >= 15 is 0 Å². The summed E-state index contributed by atoms with van der Waals surface area (Å²) in [5, 5.41) is 0. The number of fused-ring (bicyclic) bond motifs is 5. The van der Waals surface area contributed by atoms with Crippen LogP contribution in [-0.2, 0) is 23.9 Å². The van der Waals surface area contributed by atoms with E-state index in [1.54, 1.807) is 6.92 Å². The Morgan fingerprint density at radius 3 is 2.08 bits per heavy atom. The van der Waals surface area contributed by atoms with Crippen LogP contribution in [0.4, 0.5) is 0 Å². The molecule has 4 unspecified atom stereocenters. The predicted molar refractivity (Wildman–Crippen MR) is 141 cm³/mol. The minimum absolute atomic E-state index is 0.121. The van der Waals surface area contributed by atoms with Crippen molar-refractivity contribution in [2.75, 3.05) is 13.7 Å². The fraction of sp³-hybridized carbons (Fsp3) is 0.379. The number of benzene rings is 2. The van der Waals surface area contributed by atoms with Gasteiger partial charge in [0.05, 0.1) is 23.9 Å². The molecule has 2 aliphatic carbocycles. The van der Waals surface area contributed by atoms with Crippen LogP contribution in [0.15, 0.2) is 60.7 Å². The molecule has 2 bridgehead atoms. The molecular formula is C29H30BrN2O5+. The summed E-state index contributed by atoms with van der Waals surface area (Å²) < 4.78 is 3.33. The monoisotopic (exact) mass is 565 g/mol. The number of halogens is 1. The molecule has 7 nitrogen and oxygen atoms in total. The van der Waals surface area contributed by atoms with Gasteiger partial charge in [-0.15, -0.1) is 0 Å². The number of esters is 1. The number of likely N-dealkylation sites (tertiary alicyclic amines) is 1. The zero-order valence-corrected chi connectivity index (χ0v) is 22.7. The van der Waals surface area contributed by atoms with Gasteiger partial charge in [0.25, 0.3) is 0 Å². The Balaban J connectivity index is 1.63. The molecule has 5 atom stereocenters. The average molecular weight is 566 g/mol. The van der Waals surface area contributed by atoms with Crippen molar-refractivity contribution < 1.29 is 29.6 Å². The third kappa shape index (κ3) is 3.15. The minimum Gasteiger partial charge on any atom is -0.465 e. The van der Waals surface area contributed by atoms with Crippen molar-refractivity contribution in [1.82, 2.24) is 4.90 Å². The Labute approximate surface area is 224 Å². The number of imide groups is 1. The molecule has 5 rings (SSSR count). The van der Waals surface area contributed by atoms with E-state index in [-0.39, 0.29) is 18.2 Å². The van der Waals surface area contributed by atoms with Crippen LogP contribution in [0.3, 0.4) is 0 Å². The molecule has 2 aromatic carbocycles. The van der Waals surface area contributed by atoms with Crippen molar-refractivity contribution in [1.29, 1.82) is 0 Å². The van der Waals surface area contributed by atoms with E-state index in [1.807, 2.05) is 67.6 Å². The van der Waals surface area contributed by atoms with Gasteiger partial charge in [-0.25, -0.2) is 4.79 Å². The summed E-state index contributed by atoms with van der Waals surface area (Å²) in [5.74, 6) is -2.20. The molecule has 192 valence electrons. The molecule has 2 fully saturated rings. The van der Waals surface area contributed by atoms with E-state index in [0.717, 1.165) is 22.3 Å². The summed E-state index contributed by atoms with van der Waals surface area (Å²) in [6.07, 6.45) is 0.780. The van der Waals surface area contributed by atoms with Crippen LogP contribution in [-0.4, -0.2) is 52.5 Å². The molecule has 1 saturated carbocycles. The van der Waals surface area contributed by atoms with Crippen LogP contribution in [0.25, 0.3) is 11.1 Å². The van der Waals surface area contributed by atoms with Crippen LogP contribution >= 0.6 is 15.9 Å². The molecule has 37 heavy (non-hydrogen) atoms. The number of ketones is 1. The second-order valence-corrected chi connectivity index (χ2v) is 11.7. The van der Waals surface area contributed by atoms with Crippen molar-refractivity contribution in [2.24, 2.45) is 16.7 Å². The number of allylic oxidation sites excluding steroid dienone is 2. The van der Waals surface area contributed by atoms with Gasteiger partial charge in [-0.05, 0) is 42.5 Å². The van der Waals surface area contributed by atoms with Gasteiger partial charge < -0.3 is 10.5 Å². The van der Waals surface area contributed by atoms with Gasteiger partial charge in [-0.2, -0.15) is 0 Å². The van der Waals surface area contributed by atoms with Crippen molar-refractivity contribution in [3.63, 3.8) is 0 Å². The van der Waals surface area contributed by atoms with Crippen molar-refractivity contribution in [2.45, 2.75) is 37.1 Å². The molecule has 0 radical (unpaired) electrons. The maximum absolute atomic E-state index is 14.4. The Kier molecular flexibility index (Phi) is 6.03. The van der Waals surface area contributed by atoms with Crippen molar-refractivity contribution >= 4 is 50.6 Å². The number of hydrogen-bond acceptors (Lipinski definition) is 5. The fourth-order valence-electron chi connectivity index (χ4n) is 6.85. The number of alkyl halides is 1. The number of ether oxygens (including phenoxy) is 1. The van der Waals surface area contributed by atoms with E-state index < -0.39 is 39.0 Å². The molecule has 2 aromatic rings. The van der Waals surface area contributed by atoms with Crippen LogP contribution in [0.5, 0.6) is 0 Å². The quantitative estimate of drug-likeness (QED) is 0.315. The smallest absolute Gasteiger partial charge is 0.364 e. The van der Waals surface area contributed by atoms with Gasteiger partial charge in [0.2, 0.25) is 11.8 Å². The molecule has 3 N–H and O–H groups in total. The van der Waals surface area contributed by atoms with Crippen LogP contribution < -0.4 is 5.73 Å². The predicted octanol–water partition coefficient (Wildman–Crippen LogP) is 2.89. The third-order valence-corrected chi connectivity index (χ3v) is 10.2. The van der Waals surface area contributed by atoms with Crippen LogP contribution in [0, 0.1) is 16.7 Å². The fourth-order valence-corrected chi connectivity index (χ4v) is 8.10. The van der Waals surface area contributed by atoms with Crippen LogP contribution in [0.1, 0.15) is 37.8 Å². The minimum atomic E-state index is -1.40. The molecule has 0 aromatic heterocycles. The number of hydrogen-bond donors (Lipinski definition) is 1. The molecule has 1 aliphatic heterocycles. The summed E-state index contributed by atoms with van der Waals surface area (Å²) in [6.45, 7) is 3.77. The number of Topliss-reactive ketones (excluding diaryl/α,β-unsaturated/α-hetero) is 1. The van der Waals surface area contributed by atoms with E-state index in [1.165, 1.54) is 12.0 Å². The molecular weight excluding hydrogens is 536 g/mol. The summed E-state index contributed by atoms with van der Waals surface area (Å²) in [6, 6.07) is 18.7. The summed E-state index contributed by atoms with van der Waals surface area (Å²) in [7, 11) is 1.31. The van der Waals surface area contributed by atoms with Gasteiger partial charge >= 0.3 is 5.97 Å². The number of carbonyl (C=O) groups excluding carboxylic acids is 4. The molecule has 0 spiro atoms. The Morgan fingerprint density at radius 1 is 1.00 bits per heavy atom. The van der Waals surface area contributed by atoms with Crippen molar-refractivity contribution in [3.8, 4) is 0 Å². The Hall–Kier alpha value is -3.10. The number of rotatable bonds is 7. The van der Waals surface area contributed by atoms with Crippen LogP contribution in [0.2, 0.25) is 0 Å². The maximum Gasteiger partial charge on any atom is 0.364 e. The summed E-state index contributed by atoms with van der Waals surface area (Å²) >= 11 is 3.75. The lowest BCUT2D eigenvalue weighted by Crippen LogP contribution is -2.65. The topological polar surface area (TPSA) is 108 Å². The lowest BCUT2D eigenvalue weighted by Gasteiger charge is -2.41. The molecule has 8 heteroatoms. The summed E-state index contributed by atoms with van der Waals surface area (Å²) in [5.41, 5.74) is 4.66. The lowest BCUT2D eigenvalue weighted by atomic mass is 9.63. The molecule has 1 saturated heterocycles. The molecule has 3 aliphatic rings. The first-order valence-corrected chi connectivity index (χ1v) is 13.2. The molecule has 2 amide bonds. The third-order valence-electron chi connectivity index (χ3n) is 8.56. The highest BCUT2D eigenvalue weighted by molar-refractivity contribution is 9.10. The largest absolute Gasteiger partial charge is 0.465 e. The van der Waals surface area contributed by atoms with E-state index in [2.05, 4.69) is 21.7 Å². The molecule has 1 heterocycles. The second-order valence-electron chi connectivity index (χ2n) is 10.4. The second kappa shape index (κ2) is 8.74. The van der Waals surface area contributed by atoms with Gasteiger partial charge in [0.1, 0.15) is 4.32 Å². The Morgan fingerprint density at radius 2 is 1.54 bits per heavy atom. The first-order valence-electron chi connectivity index (χ1n) is 12.4. The highest BCUT2D eigenvalue weighted by Crippen LogP contribution is 2.77. The van der Waals surface area contributed by atoms with Gasteiger partial charge in [0.15, 0.2) is 11.8 Å². The number of methoxy groups -OCH3 is 1. The van der Waals surface area contributed by atoms with Crippen molar-refractivity contribution in [3.05, 3.63) is 71.8 Å². The first kappa shape index (κ1) is 25.5. The number of amides is 2. The van der Waals surface area contributed by atoms with Gasteiger partial charge in [-0.3, -0.25) is 19.3 Å². The normalized spacial score (nSPS) is 31.2. The van der Waals surface area contributed by atoms with Gasteiger partial charge in [0, 0.05) is 13.0 Å². The van der Waals surface area contributed by atoms with E-state index in [4.69, 9.17) is 4.74 Å². The lowest BCUT2D eigenvalue weighted by molar-refractivity contribution is -0.409. The van der Waals surface area contributed by atoms with E-state index in [0.29, 0.717) is 12.8 Å². The number of nitrogens with zero attached hydrogens (tertiary/aromatic N) is 1. The van der Waals surface area contributed by atoms with Gasteiger partial charge in [-0.1, -0.05) is 76.6 Å². The zero-order valence-electron chi connectivity index (χ0n) is 21.1. The SMILES string of the molecule is COC(=O)[C@@H]([NH3+])CCCN1C(=O)C2C3(C)C(=O)C(C)(C(c4ccccc4)=C3c3ccccc3)C2(Br)C1=O.